The highest BCUT2D eigenvalue weighted by atomic mass is 35.5. The molecule has 0 bridgehead atoms. The third-order valence-electron chi connectivity index (χ3n) is 6.42. The van der Waals surface area contributed by atoms with E-state index in [1.807, 2.05) is 0 Å². The van der Waals surface area contributed by atoms with Crippen LogP contribution < -0.4 is 10.2 Å². The molecule has 4 aromatic rings. The number of carbonyl (C=O) groups is 1. The van der Waals surface area contributed by atoms with Crippen LogP contribution in [0.5, 0.6) is 0 Å². The molecule has 5 rings (SSSR count). The van der Waals surface area contributed by atoms with Crippen LogP contribution in [0.4, 0.5) is 38.0 Å². The molecule has 1 fully saturated rings. The predicted molar refractivity (Wildman–Crippen MR) is 129 cm³/mol. The van der Waals surface area contributed by atoms with E-state index >= 15 is 0 Å². The van der Waals surface area contributed by atoms with Crippen molar-refractivity contribution in [1.82, 2.24) is 19.4 Å². The minimum Gasteiger partial charge on any atom is -0.377 e. The summed E-state index contributed by atoms with van der Waals surface area (Å²) in [6.45, 7) is 2.62. The zero-order valence-corrected chi connectivity index (χ0v) is 20.6. The highest BCUT2D eigenvalue weighted by Gasteiger charge is 2.48. The number of aromatic nitrogens is 4. The van der Waals surface area contributed by atoms with Gasteiger partial charge >= 0.3 is 12.4 Å². The molecule has 0 aliphatic carbocycles. The lowest BCUT2D eigenvalue weighted by Crippen LogP contribution is -2.54. The number of fused-ring (bicyclic) bond motifs is 3. The molecule has 1 unspecified atom stereocenters. The highest BCUT2D eigenvalue weighted by Crippen LogP contribution is 2.39. The van der Waals surface area contributed by atoms with Gasteiger partial charge in [0.1, 0.15) is 16.5 Å². The zero-order chi connectivity index (χ0) is 27.6. The van der Waals surface area contributed by atoms with Gasteiger partial charge in [-0.25, -0.2) is 15.0 Å². The van der Waals surface area contributed by atoms with Gasteiger partial charge < -0.3 is 10.2 Å². The van der Waals surface area contributed by atoms with Crippen molar-refractivity contribution in [2.75, 3.05) is 23.3 Å². The summed E-state index contributed by atoms with van der Waals surface area (Å²) in [7, 11) is 0. The van der Waals surface area contributed by atoms with Crippen molar-refractivity contribution in [2.24, 2.45) is 5.92 Å². The van der Waals surface area contributed by atoms with Gasteiger partial charge in [-0.15, -0.1) is 0 Å². The van der Waals surface area contributed by atoms with E-state index in [4.69, 9.17) is 11.6 Å². The molecule has 4 heterocycles. The molecule has 1 aliphatic heterocycles. The molecule has 1 saturated heterocycles. The average molecular weight is 557 g/mol. The lowest BCUT2D eigenvalue weighted by molar-refractivity contribution is -0.180. The Morgan fingerprint density at radius 2 is 1.82 bits per heavy atom. The number of rotatable bonds is 5. The van der Waals surface area contributed by atoms with Crippen LogP contribution in [0.3, 0.4) is 0 Å². The number of nitrogens with one attached hydrogen (secondary N) is 1. The molecule has 0 saturated carbocycles. The maximum atomic E-state index is 13.6. The van der Waals surface area contributed by atoms with E-state index in [9.17, 15) is 31.1 Å². The fourth-order valence-corrected chi connectivity index (χ4v) is 4.64. The van der Waals surface area contributed by atoms with E-state index in [2.05, 4.69) is 20.3 Å². The molecule has 7 nitrogen and oxygen atoms in total. The quantitative estimate of drug-likeness (QED) is 0.178. The Balaban J connectivity index is 1.67. The highest BCUT2D eigenvalue weighted by molar-refractivity contribution is 6.29. The van der Waals surface area contributed by atoms with Gasteiger partial charge in [-0.2, -0.15) is 26.3 Å². The Hall–Kier alpha value is -3.61. The van der Waals surface area contributed by atoms with Gasteiger partial charge in [0.05, 0.1) is 23.2 Å². The van der Waals surface area contributed by atoms with Crippen LogP contribution in [0, 0.1) is 12.8 Å². The van der Waals surface area contributed by atoms with Crippen LogP contribution in [0.2, 0.25) is 5.15 Å². The largest absolute Gasteiger partial charge is 0.434 e. The summed E-state index contributed by atoms with van der Waals surface area (Å²) >= 11 is 5.87. The molecule has 1 N–H and O–H groups in total. The molecule has 38 heavy (non-hydrogen) atoms. The van der Waals surface area contributed by atoms with E-state index in [-0.39, 0.29) is 28.0 Å². The minimum atomic E-state index is -4.77. The summed E-state index contributed by atoms with van der Waals surface area (Å²) in [5, 5.41) is 3.56. The number of hydrogen-bond acceptors (Lipinski definition) is 6. The molecular formula is C24H19ClF6N6O. The van der Waals surface area contributed by atoms with Crippen LogP contribution in [0.1, 0.15) is 40.3 Å². The van der Waals surface area contributed by atoms with Gasteiger partial charge in [0.25, 0.3) is 0 Å². The Kier molecular flexibility index (Phi) is 6.16. The number of alkyl halides is 6. The first-order valence-corrected chi connectivity index (χ1v) is 11.7. The van der Waals surface area contributed by atoms with E-state index in [0.717, 1.165) is 10.6 Å². The summed E-state index contributed by atoms with van der Waals surface area (Å²) in [5.41, 5.74) is 0.662. The maximum absolute atomic E-state index is 13.6. The molecule has 0 amide bonds. The van der Waals surface area contributed by atoms with Crippen LogP contribution in [0.25, 0.3) is 16.6 Å². The number of nitrogens with zero attached hydrogens (tertiary/aromatic N) is 5. The monoisotopic (exact) mass is 556 g/mol. The standard InChI is InChI=1S/C24H19ClF6N6O/c1-11-5-14(12(2)32-16-3-4-19(25)33-17(16)10-38)20-15(6-11)21-34-18(24(29,30)31)9-37(21)22(35-20)36-7-13(8-36)23(26,27)28/h3-6,9-10,12-13,32H,7-8H2,1-2H3. The van der Waals surface area contributed by atoms with Crippen LogP contribution >= 0.6 is 11.6 Å². The van der Waals surface area contributed by atoms with Crippen LogP contribution in [-0.4, -0.2) is 44.9 Å². The molecule has 1 atom stereocenters. The van der Waals surface area contributed by atoms with Gasteiger partial charge in [0.2, 0.25) is 5.95 Å². The third kappa shape index (κ3) is 4.59. The minimum absolute atomic E-state index is 0.0548. The summed E-state index contributed by atoms with van der Waals surface area (Å²) in [6, 6.07) is 5.89. The number of pyridine rings is 1. The summed E-state index contributed by atoms with van der Waals surface area (Å²) in [4.78, 5) is 25.1. The van der Waals surface area contributed by atoms with Gasteiger partial charge in [-0.05, 0) is 37.6 Å². The first kappa shape index (κ1) is 26.0. The Bertz CT molecular complexity index is 1560. The second kappa shape index (κ2) is 9.00. The van der Waals surface area contributed by atoms with E-state index < -0.39 is 43.1 Å². The van der Waals surface area contributed by atoms with Gasteiger partial charge in [0.15, 0.2) is 12.0 Å². The Morgan fingerprint density at radius 3 is 2.45 bits per heavy atom. The van der Waals surface area contributed by atoms with Crippen molar-refractivity contribution in [3.8, 4) is 0 Å². The van der Waals surface area contributed by atoms with Crippen molar-refractivity contribution in [1.29, 1.82) is 0 Å². The number of aryl methyl sites for hydroxylation is 1. The molecule has 0 radical (unpaired) electrons. The normalized spacial score (nSPS) is 15.7. The summed E-state index contributed by atoms with van der Waals surface area (Å²) < 4.78 is 81.4. The van der Waals surface area contributed by atoms with E-state index in [0.29, 0.717) is 28.5 Å². The average Bonchev–Trinajstić information content (AvgIpc) is 3.25. The number of anilines is 2. The summed E-state index contributed by atoms with van der Waals surface area (Å²) in [5.74, 6) is -1.69. The SMILES string of the molecule is Cc1cc(C(C)Nc2ccc(Cl)nc2C=O)c2nc(N3CC(C(F)(F)F)C3)n3cc(C(F)(F)F)nc3c2c1. The topological polar surface area (TPSA) is 75.4 Å². The zero-order valence-electron chi connectivity index (χ0n) is 19.8. The van der Waals surface area contributed by atoms with Crippen LogP contribution in [0.15, 0.2) is 30.5 Å². The second-order valence-corrected chi connectivity index (χ2v) is 9.56. The lowest BCUT2D eigenvalue weighted by Gasteiger charge is -2.40. The van der Waals surface area contributed by atoms with Gasteiger partial charge in [-0.1, -0.05) is 17.7 Å². The van der Waals surface area contributed by atoms with Crippen molar-refractivity contribution in [2.45, 2.75) is 32.2 Å². The fraction of sp³-hybridized carbons (Fsp3) is 0.333. The Morgan fingerprint density at radius 1 is 1.11 bits per heavy atom. The van der Waals surface area contributed by atoms with Crippen LogP contribution in [-0.2, 0) is 6.18 Å². The number of carbonyl (C=O) groups excluding carboxylic acids is 1. The molecule has 1 aliphatic rings. The number of aldehydes is 1. The molecule has 14 heteroatoms. The van der Waals surface area contributed by atoms with Gasteiger partial charge in [-0.3, -0.25) is 9.20 Å². The lowest BCUT2D eigenvalue weighted by atomic mass is 9.99. The first-order valence-electron chi connectivity index (χ1n) is 11.4. The molecule has 1 aromatic carbocycles. The van der Waals surface area contributed by atoms with E-state index in [1.165, 1.54) is 11.0 Å². The smallest absolute Gasteiger partial charge is 0.377 e. The fourth-order valence-electron chi connectivity index (χ4n) is 4.49. The number of hydrogen-bond donors (Lipinski definition) is 1. The van der Waals surface area contributed by atoms with Crippen molar-refractivity contribution in [3.05, 3.63) is 58.1 Å². The van der Waals surface area contributed by atoms with Crippen molar-refractivity contribution >= 4 is 46.1 Å². The first-order chi connectivity index (χ1) is 17.8. The molecule has 200 valence electrons. The predicted octanol–water partition coefficient (Wildman–Crippen LogP) is 6.24. The number of halogens is 7. The number of benzene rings is 1. The summed E-state index contributed by atoms with van der Waals surface area (Å²) in [6.07, 6.45) is -7.92. The van der Waals surface area contributed by atoms with Crippen molar-refractivity contribution < 1.29 is 31.1 Å². The van der Waals surface area contributed by atoms with E-state index in [1.54, 1.807) is 32.0 Å². The third-order valence-corrected chi connectivity index (χ3v) is 6.63. The maximum Gasteiger partial charge on any atom is 0.434 e. The molecular weight excluding hydrogens is 538 g/mol. The second-order valence-electron chi connectivity index (χ2n) is 9.17. The molecule has 3 aromatic heterocycles. The molecule has 0 spiro atoms. The Labute approximate surface area is 216 Å². The van der Waals surface area contributed by atoms with Crippen molar-refractivity contribution in [3.63, 3.8) is 0 Å². The number of imidazole rings is 1. The van der Waals surface area contributed by atoms with Gasteiger partial charge in [0, 0.05) is 30.2 Å².